The van der Waals surface area contributed by atoms with Gasteiger partial charge in [0.1, 0.15) is 0 Å². The van der Waals surface area contributed by atoms with Crippen LogP contribution in [0.15, 0.2) is 0 Å². The van der Waals surface area contributed by atoms with Gasteiger partial charge in [0.15, 0.2) is 0 Å². The summed E-state index contributed by atoms with van der Waals surface area (Å²) in [5, 5.41) is 6.35. The summed E-state index contributed by atoms with van der Waals surface area (Å²) in [7, 11) is 0. The van der Waals surface area contributed by atoms with Crippen molar-refractivity contribution in [3.63, 3.8) is 0 Å². The van der Waals surface area contributed by atoms with E-state index >= 15 is 0 Å². The molecular formula is C12H23N3OS. The normalized spacial score (nSPS) is 26.7. The van der Waals surface area contributed by atoms with Gasteiger partial charge in [0.05, 0.1) is 5.92 Å². The molecule has 2 saturated heterocycles. The molecule has 0 aromatic carbocycles. The molecule has 2 rings (SSSR count). The van der Waals surface area contributed by atoms with E-state index in [2.05, 4.69) is 15.5 Å². The number of nitrogens with zero attached hydrogens (tertiary/aromatic N) is 1. The Kier molecular flexibility index (Phi) is 5.61. The monoisotopic (exact) mass is 257 g/mol. The predicted molar refractivity (Wildman–Crippen MR) is 72.4 cm³/mol. The largest absolute Gasteiger partial charge is 0.355 e. The van der Waals surface area contributed by atoms with Gasteiger partial charge in [-0.1, -0.05) is 0 Å². The average Bonchev–Trinajstić information content (AvgIpc) is 2.41. The molecule has 0 bridgehead atoms. The summed E-state index contributed by atoms with van der Waals surface area (Å²) in [6.07, 6.45) is 2.17. The van der Waals surface area contributed by atoms with E-state index in [1.165, 1.54) is 24.6 Å². The van der Waals surface area contributed by atoms with Crippen molar-refractivity contribution in [2.45, 2.75) is 12.8 Å². The SMILES string of the molecule is O=C(NCCN1CCSCC1)[C@H]1CCCNC1. The molecule has 4 nitrogen and oxygen atoms in total. The van der Waals surface area contributed by atoms with Crippen LogP contribution >= 0.6 is 11.8 Å². The highest BCUT2D eigenvalue weighted by atomic mass is 32.2. The van der Waals surface area contributed by atoms with Crippen LogP contribution in [0, 0.1) is 5.92 Å². The second-order valence-electron chi connectivity index (χ2n) is 4.79. The Morgan fingerprint density at radius 3 is 2.94 bits per heavy atom. The number of carbonyl (C=O) groups excluding carboxylic acids is 1. The topological polar surface area (TPSA) is 44.4 Å². The quantitative estimate of drug-likeness (QED) is 0.752. The van der Waals surface area contributed by atoms with Crippen LogP contribution in [-0.2, 0) is 4.79 Å². The summed E-state index contributed by atoms with van der Waals surface area (Å²) in [6, 6.07) is 0. The van der Waals surface area contributed by atoms with Crippen molar-refractivity contribution in [1.29, 1.82) is 0 Å². The molecule has 2 N–H and O–H groups in total. The lowest BCUT2D eigenvalue weighted by Gasteiger charge is -2.27. The fraction of sp³-hybridized carbons (Fsp3) is 0.917. The second kappa shape index (κ2) is 7.24. The van der Waals surface area contributed by atoms with Gasteiger partial charge in [0.2, 0.25) is 5.91 Å². The minimum absolute atomic E-state index is 0.195. The van der Waals surface area contributed by atoms with Gasteiger partial charge in [0, 0.05) is 44.2 Å². The molecule has 2 aliphatic rings. The van der Waals surface area contributed by atoms with Gasteiger partial charge in [-0.15, -0.1) is 0 Å². The Bertz CT molecular complexity index is 238. The van der Waals surface area contributed by atoms with E-state index in [1.807, 2.05) is 11.8 Å². The molecule has 2 aliphatic heterocycles. The predicted octanol–water partition coefficient (Wildman–Crippen LogP) is 0.151. The Balaban J connectivity index is 1.58. The van der Waals surface area contributed by atoms with Crippen LogP contribution in [0.5, 0.6) is 0 Å². The first-order valence-corrected chi connectivity index (χ1v) is 7.80. The van der Waals surface area contributed by atoms with Gasteiger partial charge < -0.3 is 10.6 Å². The van der Waals surface area contributed by atoms with Crippen molar-refractivity contribution in [3.8, 4) is 0 Å². The van der Waals surface area contributed by atoms with Crippen LogP contribution in [0.3, 0.4) is 0 Å². The molecule has 0 aromatic heterocycles. The lowest BCUT2D eigenvalue weighted by atomic mass is 9.99. The molecule has 0 aromatic rings. The first-order valence-electron chi connectivity index (χ1n) is 6.65. The molecule has 0 radical (unpaired) electrons. The zero-order valence-corrected chi connectivity index (χ0v) is 11.2. The molecule has 17 heavy (non-hydrogen) atoms. The van der Waals surface area contributed by atoms with Crippen molar-refractivity contribution in [3.05, 3.63) is 0 Å². The number of thioether (sulfide) groups is 1. The van der Waals surface area contributed by atoms with Crippen molar-refractivity contribution < 1.29 is 4.79 Å². The van der Waals surface area contributed by atoms with E-state index in [0.717, 1.165) is 39.0 Å². The summed E-state index contributed by atoms with van der Waals surface area (Å²) in [4.78, 5) is 14.3. The molecular weight excluding hydrogens is 234 g/mol. The maximum absolute atomic E-state index is 11.9. The van der Waals surface area contributed by atoms with E-state index in [-0.39, 0.29) is 11.8 Å². The van der Waals surface area contributed by atoms with Crippen molar-refractivity contribution in [2.75, 3.05) is 50.8 Å². The lowest BCUT2D eigenvalue weighted by molar-refractivity contribution is -0.125. The van der Waals surface area contributed by atoms with Gasteiger partial charge in [-0.25, -0.2) is 0 Å². The Hall–Kier alpha value is -0.260. The lowest BCUT2D eigenvalue weighted by Crippen LogP contribution is -2.44. The summed E-state index contributed by atoms with van der Waals surface area (Å²) in [5.74, 6) is 2.91. The molecule has 98 valence electrons. The van der Waals surface area contributed by atoms with Gasteiger partial charge >= 0.3 is 0 Å². The highest BCUT2D eigenvalue weighted by Crippen LogP contribution is 2.10. The number of hydrogen-bond donors (Lipinski definition) is 2. The molecule has 1 atom stereocenters. The Labute approximate surface area is 108 Å². The maximum Gasteiger partial charge on any atom is 0.224 e. The van der Waals surface area contributed by atoms with Crippen LogP contribution in [-0.4, -0.2) is 61.6 Å². The highest BCUT2D eigenvalue weighted by molar-refractivity contribution is 7.99. The van der Waals surface area contributed by atoms with Crippen molar-refractivity contribution in [2.24, 2.45) is 5.92 Å². The molecule has 0 saturated carbocycles. The summed E-state index contributed by atoms with van der Waals surface area (Å²) in [6.45, 7) is 6.07. The van der Waals surface area contributed by atoms with Crippen molar-refractivity contribution in [1.82, 2.24) is 15.5 Å². The Morgan fingerprint density at radius 2 is 2.24 bits per heavy atom. The first-order chi connectivity index (χ1) is 8.36. The number of carbonyl (C=O) groups is 1. The number of piperidine rings is 1. The molecule has 0 unspecified atom stereocenters. The zero-order chi connectivity index (χ0) is 11.9. The van der Waals surface area contributed by atoms with E-state index in [0.29, 0.717) is 0 Å². The fourth-order valence-corrected chi connectivity index (χ4v) is 3.36. The second-order valence-corrected chi connectivity index (χ2v) is 6.01. The molecule has 2 fully saturated rings. The van der Waals surface area contributed by atoms with Crippen LogP contribution < -0.4 is 10.6 Å². The number of rotatable bonds is 4. The first kappa shape index (κ1) is 13.2. The van der Waals surface area contributed by atoms with Gasteiger partial charge in [-0.3, -0.25) is 9.69 Å². The molecule has 0 spiro atoms. The van der Waals surface area contributed by atoms with Crippen molar-refractivity contribution >= 4 is 17.7 Å². The van der Waals surface area contributed by atoms with Crippen LogP contribution in [0.2, 0.25) is 0 Å². The summed E-state index contributed by atoms with van der Waals surface area (Å²) in [5.41, 5.74) is 0. The number of nitrogens with one attached hydrogen (secondary N) is 2. The molecule has 0 aliphatic carbocycles. The number of amides is 1. The van der Waals surface area contributed by atoms with E-state index in [4.69, 9.17) is 0 Å². The smallest absolute Gasteiger partial charge is 0.224 e. The van der Waals surface area contributed by atoms with Gasteiger partial charge in [-0.05, 0) is 19.4 Å². The summed E-state index contributed by atoms with van der Waals surface area (Å²) < 4.78 is 0. The molecule has 2 heterocycles. The third kappa shape index (κ3) is 4.48. The molecule has 5 heteroatoms. The standard InChI is InChI=1S/C12H23N3OS/c16-12(11-2-1-3-13-10-11)14-4-5-15-6-8-17-9-7-15/h11,13H,1-10H2,(H,14,16)/t11-/m0/s1. The highest BCUT2D eigenvalue weighted by Gasteiger charge is 2.20. The average molecular weight is 257 g/mol. The van der Waals surface area contributed by atoms with Gasteiger partial charge in [0.25, 0.3) is 0 Å². The zero-order valence-electron chi connectivity index (χ0n) is 10.4. The van der Waals surface area contributed by atoms with E-state index in [9.17, 15) is 4.79 Å². The van der Waals surface area contributed by atoms with Gasteiger partial charge in [-0.2, -0.15) is 11.8 Å². The van der Waals surface area contributed by atoms with E-state index < -0.39 is 0 Å². The fourth-order valence-electron chi connectivity index (χ4n) is 2.38. The minimum Gasteiger partial charge on any atom is -0.355 e. The number of hydrogen-bond acceptors (Lipinski definition) is 4. The Morgan fingerprint density at radius 1 is 1.41 bits per heavy atom. The van der Waals surface area contributed by atoms with Crippen LogP contribution in [0.4, 0.5) is 0 Å². The van der Waals surface area contributed by atoms with Crippen LogP contribution in [0.25, 0.3) is 0 Å². The third-order valence-corrected chi connectivity index (χ3v) is 4.44. The third-order valence-electron chi connectivity index (χ3n) is 3.50. The van der Waals surface area contributed by atoms with E-state index in [1.54, 1.807) is 0 Å². The minimum atomic E-state index is 0.195. The maximum atomic E-state index is 11.9. The molecule has 1 amide bonds. The van der Waals surface area contributed by atoms with Crippen LogP contribution in [0.1, 0.15) is 12.8 Å². The summed E-state index contributed by atoms with van der Waals surface area (Å²) >= 11 is 2.02.